The number of hydrogen-bond donors (Lipinski definition) is 1. The predicted molar refractivity (Wildman–Crippen MR) is 72.5 cm³/mol. The van der Waals surface area contributed by atoms with E-state index in [9.17, 15) is 14.9 Å². The number of nitro groups is 1. The first kappa shape index (κ1) is 14.5. The lowest BCUT2D eigenvalue weighted by Gasteiger charge is -2.09. The first-order chi connectivity index (χ1) is 9.99. The zero-order valence-electron chi connectivity index (χ0n) is 11.2. The minimum absolute atomic E-state index is 0.0994. The summed E-state index contributed by atoms with van der Waals surface area (Å²) >= 11 is 0. The number of aryl methyl sites for hydroxylation is 1. The van der Waals surface area contributed by atoms with Crippen molar-refractivity contribution in [2.75, 3.05) is 6.61 Å². The van der Waals surface area contributed by atoms with Crippen LogP contribution in [-0.4, -0.2) is 32.2 Å². The molecule has 0 amide bonds. The summed E-state index contributed by atoms with van der Waals surface area (Å²) in [6.45, 7) is 0.225. The molecule has 0 aliphatic rings. The van der Waals surface area contributed by atoms with Gasteiger partial charge in [-0.3, -0.25) is 10.1 Å². The van der Waals surface area contributed by atoms with Gasteiger partial charge in [0, 0.05) is 38.0 Å². The average molecular weight is 291 g/mol. The van der Waals surface area contributed by atoms with E-state index < -0.39 is 10.9 Å². The molecule has 0 bridgehead atoms. The molecule has 0 atom stereocenters. The van der Waals surface area contributed by atoms with Crippen molar-refractivity contribution in [3.05, 3.63) is 52.1 Å². The number of aromatic nitrogens is 2. The highest BCUT2D eigenvalue weighted by Crippen LogP contribution is 2.24. The summed E-state index contributed by atoms with van der Waals surface area (Å²) in [7, 11) is 1.84. The Morgan fingerprint density at radius 1 is 1.52 bits per heavy atom. The highest BCUT2D eigenvalue weighted by Gasteiger charge is 2.17. The van der Waals surface area contributed by atoms with Gasteiger partial charge in [-0.15, -0.1) is 0 Å². The predicted octanol–water partition coefficient (Wildman–Crippen LogP) is 1.65. The molecule has 8 nitrogen and oxygen atoms in total. The summed E-state index contributed by atoms with van der Waals surface area (Å²) in [5.41, 5.74) is -0.520. The van der Waals surface area contributed by atoms with Crippen LogP contribution in [-0.2, 0) is 13.5 Å². The second-order valence-electron chi connectivity index (χ2n) is 4.30. The molecule has 1 aromatic carbocycles. The van der Waals surface area contributed by atoms with Gasteiger partial charge in [-0.05, 0) is 6.07 Å². The van der Waals surface area contributed by atoms with Crippen LogP contribution < -0.4 is 4.74 Å². The van der Waals surface area contributed by atoms with Gasteiger partial charge in [-0.2, -0.15) is 0 Å². The molecule has 0 saturated carbocycles. The van der Waals surface area contributed by atoms with Gasteiger partial charge in [0.25, 0.3) is 5.69 Å². The van der Waals surface area contributed by atoms with E-state index in [1.807, 2.05) is 11.6 Å². The minimum Gasteiger partial charge on any atom is -0.492 e. The fourth-order valence-electron chi connectivity index (χ4n) is 1.81. The number of imidazole rings is 1. The third-order valence-electron chi connectivity index (χ3n) is 2.91. The fraction of sp³-hybridized carbons (Fsp3) is 0.231. The first-order valence-corrected chi connectivity index (χ1v) is 6.10. The van der Waals surface area contributed by atoms with Crippen LogP contribution in [0.4, 0.5) is 5.69 Å². The molecule has 2 rings (SSSR count). The van der Waals surface area contributed by atoms with E-state index in [1.165, 1.54) is 12.1 Å². The maximum atomic E-state index is 11.1. The molecule has 21 heavy (non-hydrogen) atoms. The highest BCUT2D eigenvalue weighted by atomic mass is 16.6. The Bertz CT molecular complexity index is 680. The molecule has 0 aliphatic heterocycles. The van der Waals surface area contributed by atoms with Crippen molar-refractivity contribution >= 4 is 11.7 Å². The number of carboxylic acid groups (broad SMARTS) is 1. The average Bonchev–Trinajstić information content (AvgIpc) is 2.84. The molecule has 0 aliphatic carbocycles. The molecule has 1 N–H and O–H groups in total. The van der Waals surface area contributed by atoms with Crippen LogP contribution in [0.2, 0.25) is 0 Å². The second-order valence-corrected chi connectivity index (χ2v) is 4.30. The number of benzene rings is 1. The number of nitro benzene ring substituents is 1. The van der Waals surface area contributed by atoms with E-state index in [1.54, 1.807) is 12.4 Å². The molecule has 0 saturated heterocycles. The molecular weight excluding hydrogens is 278 g/mol. The van der Waals surface area contributed by atoms with Gasteiger partial charge in [-0.25, -0.2) is 9.78 Å². The summed E-state index contributed by atoms with van der Waals surface area (Å²) < 4.78 is 7.24. The number of rotatable bonds is 6. The maximum absolute atomic E-state index is 11.1. The topological polar surface area (TPSA) is 107 Å². The van der Waals surface area contributed by atoms with Crippen molar-refractivity contribution in [3.63, 3.8) is 0 Å². The molecule has 2 aromatic rings. The van der Waals surface area contributed by atoms with Crippen molar-refractivity contribution in [2.24, 2.45) is 7.05 Å². The first-order valence-electron chi connectivity index (χ1n) is 6.10. The summed E-state index contributed by atoms with van der Waals surface area (Å²) in [6, 6.07) is 3.49. The maximum Gasteiger partial charge on any atom is 0.339 e. The number of hydrogen-bond acceptors (Lipinski definition) is 5. The van der Waals surface area contributed by atoms with Crippen molar-refractivity contribution in [1.29, 1.82) is 0 Å². The lowest BCUT2D eigenvalue weighted by molar-refractivity contribution is -0.384. The molecule has 8 heteroatoms. The standard InChI is InChI=1S/C13H13N3O5/c1-15-6-5-14-12(15)4-7-21-11-3-2-9(16(19)20)8-10(11)13(17)18/h2-3,5-6,8H,4,7H2,1H3,(H,17,18). The van der Waals surface area contributed by atoms with Gasteiger partial charge in [0.2, 0.25) is 0 Å². The van der Waals surface area contributed by atoms with Crippen molar-refractivity contribution in [3.8, 4) is 5.75 Å². The number of ether oxygens (including phenoxy) is 1. The Morgan fingerprint density at radius 3 is 2.86 bits per heavy atom. The third-order valence-corrected chi connectivity index (χ3v) is 2.91. The third kappa shape index (κ3) is 3.35. The molecule has 110 valence electrons. The van der Waals surface area contributed by atoms with E-state index in [-0.39, 0.29) is 23.6 Å². The lowest BCUT2D eigenvalue weighted by Crippen LogP contribution is -2.09. The van der Waals surface area contributed by atoms with E-state index in [0.717, 1.165) is 11.9 Å². The van der Waals surface area contributed by atoms with Gasteiger partial charge < -0.3 is 14.4 Å². The normalized spacial score (nSPS) is 10.3. The van der Waals surface area contributed by atoms with Crippen LogP contribution in [0, 0.1) is 10.1 Å². The number of carbonyl (C=O) groups is 1. The SMILES string of the molecule is Cn1ccnc1CCOc1ccc([N+](=O)[O-])cc1C(=O)O. The minimum atomic E-state index is -1.27. The smallest absolute Gasteiger partial charge is 0.339 e. The van der Waals surface area contributed by atoms with Gasteiger partial charge in [0.1, 0.15) is 17.1 Å². The molecule has 1 heterocycles. The van der Waals surface area contributed by atoms with Gasteiger partial charge in [0.05, 0.1) is 11.5 Å². The van der Waals surface area contributed by atoms with E-state index in [0.29, 0.717) is 6.42 Å². The Kier molecular flexibility index (Phi) is 4.17. The molecule has 1 aromatic heterocycles. The number of carboxylic acids is 1. The summed E-state index contributed by atoms with van der Waals surface area (Å²) in [5.74, 6) is -0.373. The Labute approximate surface area is 119 Å². The molecular formula is C13H13N3O5. The molecule has 0 fully saturated rings. The largest absolute Gasteiger partial charge is 0.492 e. The van der Waals surface area contributed by atoms with Gasteiger partial charge >= 0.3 is 5.97 Å². The molecule has 0 unspecified atom stereocenters. The summed E-state index contributed by atoms with van der Waals surface area (Å²) in [5, 5.41) is 19.7. The van der Waals surface area contributed by atoms with E-state index >= 15 is 0 Å². The van der Waals surface area contributed by atoms with Crippen molar-refractivity contribution in [1.82, 2.24) is 9.55 Å². The zero-order chi connectivity index (χ0) is 15.4. The number of non-ortho nitro benzene ring substituents is 1. The Balaban J connectivity index is 2.10. The van der Waals surface area contributed by atoms with Crippen LogP contribution in [0.1, 0.15) is 16.2 Å². The fourth-order valence-corrected chi connectivity index (χ4v) is 1.81. The van der Waals surface area contributed by atoms with E-state index in [2.05, 4.69) is 4.98 Å². The number of nitrogens with zero attached hydrogens (tertiary/aromatic N) is 3. The van der Waals surface area contributed by atoms with Crippen molar-refractivity contribution in [2.45, 2.75) is 6.42 Å². The van der Waals surface area contributed by atoms with Crippen molar-refractivity contribution < 1.29 is 19.6 Å². The Morgan fingerprint density at radius 2 is 2.29 bits per heavy atom. The van der Waals surface area contributed by atoms with Crippen LogP contribution in [0.15, 0.2) is 30.6 Å². The Hall–Kier alpha value is -2.90. The quantitative estimate of drug-likeness (QED) is 0.640. The van der Waals surface area contributed by atoms with Gasteiger partial charge in [-0.1, -0.05) is 0 Å². The van der Waals surface area contributed by atoms with E-state index in [4.69, 9.17) is 9.84 Å². The second kappa shape index (κ2) is 6.04. The molecule has 0 radical (unpaired) electrons. The van der Waals surface area contributed by atoms with Crippen LogP contribution >= 0.6 is 0 Å². The number of aromatic carboxylic acids is 1. The lowest BCUT2D eigenvalue weighted by atomic mass is 10.2. The summed E-state index contributed by atoms with van der Waals surface area (Å²) in [6.07, 6.45) is 3.95. The monoisotopic (exact) mass is 291 g/mol. The van der Waals surface area contributed by atoms with Gasteiger partial charge in [0.15, 0.2) is 0 Å². The van der Waals surface area contributed by atoms with Crippen LogP contribution in [0.25, 0.3) is 0 Å². The zero-order valence-corrected chi connectivity index (χ0v) is 11.2. The molecule has 0 spiro atoms. The summed E-state index contributed by atoms with van der Waals surface area (Å²) in [4.78, 5) is 25.2. The highest BCUT2D eigenvalue weighted by molar-refractivity contribution is 5.91. The van der Waals surface area contributed by atoms with Crippen LogP contribution in [0.3, 0.4) is 0 Å². The van der Waals surface area contributed by atoms with Crippen LogP contribution in [0.5, 0.6) is 5.75 Å².